The van der Waals surface area contributed by atoms with E-state index in [9.17, 15) is 18.0 Å². The number of piperidine rings is 1. The number of alkyl halides is 3. The highest BCUT2D eigenvalue weighted by atomic mass is 19.4. The van der Waals surface area contributed by atoms with Gasteiger partial charge in [-0.3, -0.25) is 4.79 Å². The molecule has 1 atom stereocenters. The van der Waals surface area contributed by atoms with E-state index in [1.807, 2.05) is 13.0 Å². The van der Waals surface area contributed by atoms with E-state index >= 15 is 0 Å². The zero-order valence-electron chi connectivity index (χ0n) is 11.6. The number of aryl methyl sites for hydroxylation is 2. The number of carbonyl (C=O) groups is 1. The average molecular weight is 285 g/mol. The minimum atomic E-state index is -4.35. The summed E-state index contributed by atoms with van der Waals surface area (Å²) in [5, 5.41) is 0. The number of amides is 1. The summed E-state index contributed by atoms with van der Waals surface area (Å²) in [5.41, 5.74) is 2.08. The number of rotatable bonds is 1. The SMILES string of the molecule is Cc1ccc(C(=O)N2CCCCC2C(F)(F)F)c(C)c1. The third kappa shape index (κ3) is 2.97. The van der Waals surface area contributed by atoms with Crippen molar-refractivity contribution in [1.29, 1.82) is 0 Å². The first kappa shape index (κ1) is 14.9. The molecule has 1 aromatic rings. The molecule has 0 aliphatic carbocycles. The molecule has 0 spiro atoms. The lowest BCUT2D eigenvalue weighted by atomic mass is 9.98. The second-order valence-corrected chi connectivity index (χ2v) is 5.37. The molecule has 110 valence electrons. The molecule has 0 radical (unpaired) electrons. The molecule has 1 heterocycles. The Labute approximate surface area is 116 Å². The average Bonchev–Trinajstić information content (AvgIpc) is 2.37. The van der Waals surface area contributed by atoms with Gasteiger partial charge < -0.3 is 4.90 Å². The molecule has 0 aromatic heterocycles. The number of benzene rings is 1. The van der Waals surface area contributed by atoms with Gasteiger partial charge >= 0.3 is 6.18 Å². The van der Waals surface area contributed by atoms with Gasteiger partial charge in [-0.05, 0) is 44.7 Å². The van der Waals surface area contributed by atoms with Gasteiger partial charge in [-0.25, -0.2) is 0 Å². The third-order valence-electron chi connectivity index (χ3n) is 3.75. The van der Waals surface area contributed by atoms with Crippen LogP contribution in [0.3, 0.4) is 0 Å². The van der Waals surface area contributed by atoms with Crippen molar-refractivity contribution in [3.8, 4) is 0 Å². The van der Waals surface area contributed by atoms with Crippen LogP contribution in [-0.4, -0.2) is 29.6 Å². The Morgan fingerprint density at radius 2 is 1.95 bits per heavy atom. The Bertz CT molecular complexity index is 510. The van der Waals surface area contributed by atoms with Crippen molar-refractivity contribution in [1.82, 2.24) is 4.90 Å². The molecule has 2 nitrogen and oxygen atoms in total. The fourth-order valence-corrected chi connectivity index (χ4v) is 2.72. The van der Waals surface area contributed by atoms with E-state index in [0.717, 1.165) is 16.0 Å². The molecule has 0 bridgehead atoms. The van der Waals surface area contributed by atoms with Gasteiger partial charge in [0.15, 0.2) is 0 Å². The largest absolute Gasteiger partial charge is 0.408 e. The van der Waals surface area contributed by atoms with Crippen molar-refractivity contribution < 1.29 is 18.0 Å². The van der Waals surface area contributed by atoms with Crippen molar-refractivity contribution in [2.45, 2.75) is 45.3 Å². The van der Waals surface area contributed by atoms with Crippen molar-refractivity contribution in [2.24, 2.45) is 0 Å². The summed E-state index contributed by atoms with van der Waals surface area (Å²) in [6.45, 7) is 3.82. The van der Waals surface area contributed by atoms with Crippen LogP contribution in [0.15, 0.2) is 18.2 Å². The Morgan fingerprint density at radius 3 is 2.55 bits per heavy atom. The van der Waals surface area contributed by atoms with E-state index in [0.29, 0.717) is 18.4 Å². The summed E-state index contributed by atoms with van der Waals surface area (Å²) in [7, 11) is 0. The van der Waals surface area contributed by atoms with E-state index in [2.05, 4.69) is 0 Å². The number of hydrogen-bond donors (Lipinski definition) is 0. The molecule has 1 fully saturated rings. The smallest absolute Gasteiger partial charge is 0.327 e. The summed E-state index contributed by atoms with van der Waals surface area (Å²) < 4.78 is 39.1. The van der Waals surface area contributed by atoms with Crippen LogP contribution in [0, 0.1) is 13.8 Å². The Kier molecular flexibility index (Phi) is 4.06. The van der Waals surface area contributed by atoms with Crippen LogP contribution in [0.1, 0.15) is 40.7 Å². The van der Waals surface area contributed by atoms with E-state index < -0.39 is 18.1 Å². The summed E-state index contributed by atoms with van der Waals surface area (Å²) >= 11 is 0. The maximum absolute atomic E-state index is 13.0. The number of likely N-dealkylation sites (tertiary alicyclic amines) is 1. The lowest BCUT2D eigenvalue weighted by Crippen LogP contribution is -2.51. The van der Waals surface area contributed by atoms with Gasteiger partial charge in [-0.2, -0.15) is 13.2 Å². The van der Waals surface area contributed by atoms with E-state index in [-0.39, 0.29) is 13.0 Å². The first-order valence-corrected chi connectivity index (χ1v) is 6.75. The maximum atomic E-state index is 13.0. The quantitative estimate of drug-likeness (QED) is 0.767. The molecule has 0 saturated carbocycles. The van der Waals surface area contributed by atoms with Crippen molar-refractivity contribution >= 4 is 5.91 Å². The van der Waals surface area contributed by atoms with Crippen LogP contribution < -0.4 is 0 Å². The Balaban J connectivity index is 2.30. The molecule has 2 rings (SSSR count). The highest BCUT2D eigenvalue weighted by Crippen LogP contribution is 2.33. The summed E-state index contributed by atoms with van der Waals surface area (Å²) in [4.78, 5) is 13.4. The maximum Gasteiger partial charge on any atom is 0.408 e. The summed E-state index contributed by atoms with van der Waals surface area (Å²) in [6.07, 6.45) is -3.21. The minimum absolute atomic E-state index is 0.000148. The van der Waals surface area contributed by atoms with Gasteiger partial charge in [0.1, 0.15) is 6.04 Å². The van der Waals surface area contributed by atoms with Crippen LogP contribution in [0.4, 0.5) is 13.2 Å². The number of hydrogen-bond acceptors (Lipinski definition) is 1. The van der Waals surface area contributed by atoms with E-state index in [1.54, 1.807) is 19.1 Å². The van der Waals surface area contributed by atoms with Gasteiger partial charge in [-0.1, -0.05) is 17.7 Å². The topological polar surface area (TPSA) is 20.3 Å². The first-order valence-electron chi connectivity index (χ1n) is 6.75. The normalized spacial score (nSPS) is 20.1. The molecule has 1 aliphatic heterocycles. The van der Waals surface area contributed by atoms with Crippen LogP contribution in [0.5, 0.6) is 0 Å². The molecule has 1 amide bonds. The van der Waals surface area contributed by atoms with Gasteiger partial charge in [-0.15, -0.1) is 0 Å². The zero-order chi connectivity index (χ0) is 14.9. The van der Waals surface area contributed by atoms with Crippen LogP contribution in [0.2, 0.25) is 0 Å². The molecule has 1 unspecified atom stereocenters. The van der Waals surface area contributed by atoms with E-state index in [1.165, 1.54) is 0 Å². The molecular formula is C15H18F3NO. The second kappa shape index (κ2) is 5.46. The fourth-order valence-electron chi connectivity index (χ4n) is 2.72. The molecule has 1 aromatic carbocycles. The molecule has 20 heavy (non-hydrogen) atoms. The number of nitrogens with zero attached hydrogens (tertiary/aromatic N) is 1. The van der Waals surface area contributed by atoms with Crippen molar-refractivity contribution in [3.05, 3.63) is 34.9 Å². The first-order chi connectivity index (χ1) is 9.30. The van der Waals surface area contributed by atoms with E-state index in [4.69, 9.17) is 0 Å². The summed E-state index contributed by atoms with van der Waals surface area (Å²) in [6, 6.07) is 3.55. The molecular weight excluding hydrogens is 267 g/mol. The predicted molar refractivity (Wildman–Crippen MR) is 70.6 cm³/mol. The number of halogens is 3. The second-order valence-electron chi connectivity index (χ2n) is 5.37. The highest BCUT2D eigenvalue weighted by Gasteiger charge is 2.46. The molecule has 1 aliphatic rings. The minimum Gasteiger partial charge on any atom is -0.327 e. The lowest BCUT2D eigenvalue weighted by molar-refractivity contribution is -0.183. The predicted octanol–water partition coefficient (Wildman–Crippen LogP) is 3.86. The Hall–Kier alpha value is -1.52. The van der Waals surface area contributed by atoms with Gasteiger partial charge in [0.25, 0.3) is 5.91 Å². The van der Waals surface area contributed by atoms with Gasteiger partial charge in [0, 0.05) is 12.1 Å². The van der Waals surface area contributed by atoms with Gasteiger partial charge in [0.2, 0.25) is 0 Å². The van der Waals surface area contributed by atoms with Crippen molar-refractivity contribution in [3.63, 3.8) is 0 Å². The third-order valence-corrected chi connectivity index (χ3v) is 3.75. The van der Waals surface area contributed by atoms with Gasteiger partial charge in [0.05, 0.1) is 0 Å². The zero-order valence-corrected chi connectivity index (χ0v) is 11.6. The van der Waals surface area contributed by atoms with Crippen LogP contribution >= 0.6 is 0 Å². The molecule has 0 N–H and O–H groups in total. The standard InChI is InChI=1S/C15H18F3NO/c1-10-6-7-12(11(2)9-10)14(20)19-8-4-3-5-13(19)15(16,17)18/h6-7,9,13H,3-5,8H2,1-2H3. The molecule has 1 saturated heterocycles. The fraction of sp³-hybridized carbons (Fsp3) is 0.533. The van der Waals surface area contributed by atoms with Crippen LogP contribution in [0.25, 0.3) is 0 Å². The number of carbonyl (C=O) groups excluding carboxylic acids is 1. The van der Waals surface area contributed by atoms with Crippen molar-refractivity contribution in [2.75, 3.05) is 6.54 Å². The summed E-state index contributed by atoms with van der Waals surface area (Å²) in [5.74, 6) is -0.510. The Morgan fingerprint density at radius 1 is 1.25 bits per heavy atom. The molecule has 5 heteroatoms. The lowest BCUT2D eigenvalue weighted by Gasteiger charge is -2.37. The van der Waals surface area contributed by atoms with Crippen LogP contribution in [-0.2, 0) is 0 Å². The highest BCUT2D eigenvalue weighted by molar-refractivity contribution is 5.96. The monoisotopic (exact) mass is 285 g/mol.